The predicted octanol–water partition coefficient (Wildman–Crippen LogP) is 1.57. The van der Waals surface area contributed by atoms with Crippen LogP contribution in [0.25, 0.3) is 0 Å². The second kappa shape index (κ2) is 2.81. The Bertz CT molecular complexity index is 340. The van der Waals surface area contributed by atoms with Crippen molar-refractivity contribution in [2.45, 2.75) is 44.1 Å². The molecule has 2 heterocycles. The molecule has 2 saturated carbocycles. The lowest BCUT2D eigenvalue weighted by Gasteiger charge is -2.28. The van der Waals surface area contributed by atoms with Crippen molar-refractivity contribution in [1.82, 2.24) is 4.90 Å². The number of nitrogens with zero attached hydrogens (tertiary/aromatic N) is 1. The lowest BCUT2D eigenvalue weighted by atomic mass is 9.95. The van der Waals surface area contributed by atoms with Crippen LogP contribution in [0.5, 0.6) is 0 Å². The van der Waals surface area contributed by atoms with Crippen LogP contribution in [0.4, 0.5) is 0 Å². The first-order valence-corrected chi connectivity index (χ1v) is 6.64. The molecule has 0 aromatic rings. The molecule has 1 amide bonds. The van der Waals surface area contributed by atoms with Crippen LogP contribution in [0.2, 0.25) is 0 Å². The Morgan fingerprint density at radius 2 is 2.06 bits per heavy atom. The molecule has 88 valence electrons. The minimum absolute atomic E-state index is 0.398. The number of carbonyl (C=O) groups excluding carboxylic acids is 1. The third-order valence-electron chi connectivity index (χ3n) is 5.43. The highest BCUT2D eigenvalue weighted by Crippen LogP contribution is 2.86. The van der Waals surface area contributed by atoms with Gasteiger partial charge in [0.15, 0.2) is 0 Å². The monoisotopic (exact) mass is 221 g/mol. The molecule has 0 N–H and O–H groups in total. The van der Waals surface area contributed by atoms with Gasteiger partial charge in [-0.05, 0) is 43.4 Å². The van der Waals surface area contributed by atoms with E-state index in [0.717, 1.165) is 39.0 Å². The molecule has 2 aliphatic heterocycles. The van der Waals surface area contributed by atoms with Crippen LogP contribution in [0.15, 0.2) is 0 Å². The van der Waals surface area contributed by atoms with Crippen molar-refractivity contribution < 1.29 is 9.53 Å². The molecule has 0 bridgehead atoms. The van der Waals surface area contributed by atoms with E-state index in [1.807, 2.05) is 0 Å². The summed E-state index contributed by atoms with van der Waals surface area (Å²) in [6, 6.07) is 0. The van der Waals surface area contributed by atoms with Crippen molar-refractivity contribution in [2.75, 3.05) is 19.8 Å². The Kier molecular flexibility index (Phi) is 1.66. The molecule has 2 aliphatic carbocycles. The molecule has 4 rings (SSSR count). The van der Waals surface area contributed by atoms with Gasteiger partial charge in [-0.25, -0.2) is 0 Å². The molecule has 0 atom stereocenters. The molecule has 0 unspecified atom stereocenters. The van der Waals surface area contributed by atoms with Crippen LogP contribution in [0.1, 0.15) is 38.5 Å². The number of amides is 1. The standard InChI is InChI=1S/C13H19NO2/c15-11(7-10-1-5-16-6-2-10)14-4-3-12-8-13(12,14)9-12/h10H,1-9H2. The fourth-order valence-electron chi connectivity index (χ4n) is 4.08. The smallest absolute Gasteiger partial charge is 0.223 e. The Morgan fingerprint density at radius 3 is 2.62 bits per heavy atom. The number of piperidine rings is 2. The summed E-state index contributed by atoms with van der Waals surface area (Å²) < 4.78 is 5.34. The van der Waals surface area contributed by atoms with Gasteiger partial charge in [-0.1, -0.05) is 0 Å². The minimum Gasteiger partial charge on any atom is -0.381 e. The van der Waals surface area contributed by atoms with E-state index < -0.39 is 0 Å². The number of hydrogen-bond donors (Lipinski definition) is 0. The zero-order valence-corrected chi connectivity index (χ0v) is 9.71. The maximum absolute atomic E-state index is 12.3. The summed E-state index contributed by atoms with van der Waals surface area (Å²) in [5.41, 5.74) is 1.04. The SMILES string of the molecule is O=C(CC1CCOCC1)N1CCC23CC12C3. The fraction of sp³-hybridized carbons (Fsp3) is 0.923. The first-order valence-electron chi connectivity index (χ1n) is 6.64. The molecular formula is C13H19NO2. The Labute approximate surface area is 96.1 Å². The average Bonchev–Trinajstić information content (AvgIpc) is 3.03. The number of rotatable bonds is 2. The normalized spacial score (nSPS) is 45.1. The van der Waals surface area contributed by atoms with Gasteiger partial charge in [-0.15, -0.1) is 0 Å². The van der Waals surface area contributed by atoms with Gasteiger partial charge in [0, 0.05) is 31.7 Å². The van der Waals surface area contributed by atoms with E-state index in [1.165, 1.54) is 19.3 Å². The highest BCUT2D eigenvalue weighted by molar-refractivity contribution is 5.80. The second-order valence-corrected chi connectivity index (χ2v) is 6.22. The Morgan fingerprint density at radius 1 is 1.31 bits per heavy atom. The lowest BCUT2D eigenvalue weighted by molar-refractivity contribution is -0.134. The van der Waals surface area contributed by atoms with Crippen molar-refractivity contribution in [3.63, 3.8) is 0 Å². The largest absolute Gasteiger partial charge is 0.381 e. The number of likely N-dealkylation sites (tertiary alicyclic amines) is 1. The number of ether oxygens (including phenoxy) is 1. The molecule has 0 aromatic carbocycles. The Balaban J connectivity index is 1.39. The van der Waals surface area contributed by atoms with E-state index >= 15 is 0 Å². The van der Waals surface area contributed by atoms with Gasteiger partial charge >= 0.3 is 0 Å². The van der Waals surface area contributed by atoms with Crippen molar-refractivity contribution >= 4 is 5.91 Å². The van der Waals surface area contributed by atoms with Gasteiger partial charge in [0.2, 0.25) is 5.91 Å². The van der Waals surface area contributed by atoms with E-state index in [4.69, 9.17) is 4.74 Å². The maximum atomic E-state index is 12.3. The molecule has 0 spiro atoms. The molecule has 0 radical (unpaired) electrons. The topological polar surface area (TPSA) is 29.5 Å². The third kappa shape index (κ3) is 1.05. The van der Waals surface area contributed by atoms with Gasteiger partial charge < -0.3 is 9.64 Å². The van der Waals surface area contributed by atoms with Gasteiger partial charge in [0.1, 0.15) is 0 Å². The highest BCUT2D eigenvalue weighted by atomic mass is 16.5. The Hall–Kier alpha value is -0.570. The second-order valence-electron chi connectivity index (χ2n) is 6.22. The zero-order chi connectivity index (χ0) is 10.8. The van der Waals surface area contributed by atoms with Crippen LogP contribution < -0.4 is 0 Å². The van der Waals surface area contributed by atoms with Gasteiger partial charge in [-0.2, -0.15) is 0 Å². The summed E-state index contributed by atoms with van der Waals surface area (Å²) in [6.45, 7) is 2.75. The van der Waals surface area contributed by atoms with Crippen LogP contribution in [0, 0.1) is 11.3 Å². The average molecular weight is 221 g/mol. The molecule has 4 aliphatic rings. The number of hydrogen-bond acceptors (Lipinski definition) is 2. The molecular weight excluding hydrogens is 202 g/mol. The molecule has 3 heteroatoms. The van der Waals surface area contributed by atoms with Crippen molar-refractivity contribution in [2.24, 2.45) is 11.3 Å². The molecule has 3 nitrogen and oxygen atoms in total. The summed E-state index contributed by atoms with van der Waals surface area (Å²) in [5, 5.41) is 0. The van der Waals surface area contributed by atoms with E-state index in [2.05, 4.69) is 4.90 Å². The maximum Gasteiger partial charge on any atom is 0.223 e. The minimum atomic E-state index is 0.398. The highest BCUT2D eigenvalue weighted by Gasteiger charge is 2.88. The predicted molar refractivity (Wildman–Crippen MR) is 58.9 cm³/mol. The summed E-state index contributed by atoms with van der Waals surface area (Å²) in [4.78, 5) is 14.5. The summed E-state index contributed by atoms with van der Waals surface area (Å²) in [6.07, 6.45) is 6.86. The summed E-state index contributed by atoms with van der Waals surface area (Å²) in [7, 11) is 0. The van der Waals surface area contributed by atoms with E-state index in [-0.39, 0.29) is 0 Å². The van der Waals surface area contributed by atoms with Crippen LogP contribution in [0.3, 0.4) is 0 Å². The summed E-state index contributed by atoms with van der Waals surface area (Å²) >= 11 is 0. The molecule has 2 saturated heterocycles. The molecule has 4 fully saturated rings. The summed E-state index contributed by atoms with van der Waals surface area (Å²) in [5.74, 6) is 1.02. The molecule has 0 aromatic heterocycles. The number of carbonyl (C=O) groups is 1. The van der Waals surface area contributed by atoms with Crippen LogP contribution >= 0.6 is 0 Å². The fourth-order valence-corrected chi connectivity index (χ4v) is 4.08. The van der Waals surface area contributed by atoms with Gasteiger partial charge in [0.25, 0.3) is 0 Å². The lowest BCUT2D eigenvalue weighted by Crippen LogP contribution is -2.38. The van der Waals surface area contributed by atoms with E-state index in [0.29, 0.717) is 22.8 Å². The first-order chi connectivity index (χ1) is 7.76. The van der Waals surface area contributed by atoms with Crippen LogP contribution in [-0.2, 0) is 9.53 Å². The van der Waals surface area contributed by atoms with Crippen molar-refractivity contribution in [3.8, 4) is 0 Å². The molecule has 16 heavy (non-hydrogen) atoms. The van der Waals surface area contributed by atoms with Crippen molar-refractivity contribution in [3.05, 3.63) is 0 Å². The van der Waals surface area contributed by atoms with E-state index in [1.54, 1.807) is 0 Å². The zero-order valence-electron chi connectivity index (χ0n) is 9.71. The van der Waals surface area contributed by atoms with E-state index in [9.17, 15) is 4.79 Å². The van der Waals surface area contributed by atoms with Gasteiger partial charge in [0.05, 0.1) is 0 Å². The quantitative estimate of drug-likeness (QED) is 0.708. The first kappa shape index (κ1) is 9.46. The van der Waals surface area contributed by atoms with Crippen molar-refractivity contribution in [1.29, 1.82) is 0 Å². The third-order valence-corrected chi connectivity index (χ3v) is 5.43. The van der Waals surface area contributed by atoms with Crippen LogP contribution in [-0.4, -0.2) is 36.1 Å². The van der Waals surface area contributed by atoms with Gasteiger partial charge in [-0.3, -0.25) is 4.79 Å².